The molecule has 1 aliphatic carbocycles. The Bertz CT molecular complexity index is 804. The molecular formula is C19H27N7. The van der Waals surface area contributed by atoms with Crippen LogP contribution in [0.25, 0.3) is 0 Å². The lowest BCUT2D eigenvalue weighted by atomic mass is 10.2. The van der Waals surface area contributed by atoms with Gasteiger partial charge < -0.3 is 14.4 Å². The Morgan fingerprint density at radius 2 is 1.88 bits per heavy atom. The summed E-state index contributed by atoms with van der Waals surface area (Å²) in [5.74, 6) is 4.84. The molecule has 3 aliphatic rings. The zero-order chi connectivity index (χ0) is 17.7. The Kier molecular flexibility index (Phi) is 3.83. The molecule has 138 valence electrons. The van der Waals surface area contributed by atoms with E-state index in [1.54, 1.807) is 0 Å². The van der Waals surface area contributed by atoms with Gasteiger partial charge in [0.15, 0.2) is 5.82 Å². The van der Waals surface area contributed by atoms with E-state index in [1.807, 2.05) is 0 Å². The molecular weight excluding hydrogens is 326 g/mol. The second kappa shape index (κ2) is 6.21. The summed E-state index contributed by atoms with van der Waals surface area (Å²) in [6.07, 6.45) is 5.94. The van der Waals surface area contributed by atoms with Crippen molar-refractivity contribution in [2.24, 2.45) is 0 Å². The van der Waals surface area contributed by atoms with Gasteiger partial charge in [0.25, 0.3) is 0 Å². The topological polar surface area (TPSA) is 63.0 Å². The van der Waals surface area contributed by atoms with Crippen LogP contribution in [0.15, 0.2) is 6.07 Å². The number of hydrogen-bond donors (Lipinski definition) is 0. The van der Waals surface area contributed by atoms with Crippen molar-refractivity contribution in [2.75, 3.05) is 29.4 Å². The predicted molar refractivity (Wildman–Crippen MR) is 101 cm³/mol. The third-order valence-corrected chi connectivity index (χ3v) is 5.82. The van der Waals surface area contributed by atoms with E-state index >= 15 is 0 Å². The molecule has 0 amide bonds. The molecule has 1 saturated carbocycles. The van der Waals surface area contributed by atoms with Gasteiger partial charge in [0.2, 0.25) is 5.95 Å². The minimum absolute atomic E-state index is 0.375. The van der Waals surface area contributed by atoms with Crippen LogP contribution in [-0.4, -0.2) is 44.4 Å². The average Bonchev–Trinajstić information content (AvgIpc) is 3.19. The van der Waals surface area contributed by atoms with Gasteiger partial charge in [-0.3, -0.25) is 0 Å². The summed E-state index contributed by atoms with van der Waals surface area (Å²) >= 11 is 0. The second-order valence-corrected chi connectivity index (χ2v) is 7.91. The molecule has 5 rings (SSSR count). The highest BCUT2D eigenvalue weighted by Gasteiger charge is 2.35. The molecule has 4 heterocycles. The highest BCUT2D eigenvalue weighted by atomic mass is 15.4. The fraction of sp³-hybridized carbons (Fsp3) is 0.684. The summed E-state index contributed by atoms with van der Waals surface area (Å²) in [5, 5.41) is 9.00. The Balaban J connectivity index is 1.46. The van der Waals surface area contributed by atoms with Crippen LogP contribution in [0.3, 0.4) is 0 Å². The lowest BCUT2D eigenvalue weighted by molar-refractivity contribution is 0.447. The molecule has 0 spiro atoms. The van der Waals surface area contributed by atoms with Crippen molar-refractivity contribution in [1.29, 1.82) is 0 Å². The van der Waals surface area contributed by atoms with Gasteiger partial charge in [-0.05, 0) is 39.0 Å². The number of rotatable bonds is 4. The maximum Gasteiger partial charge on any atom is 0.227 e. The molecule has 2 aromatic heterocycles. The molecule has 7 heteroatoms. The number of fused-ring (bicyclic) bond motifs is 1. The van der Waals surface area contributed by atoms with Crippen LogP contribution < -0.4 is 9.80 Å². The highest BCUT2D eigenvalue weighted by molar-refractivity contribution is 5.47. The molecule has 1 atom stereocenters. The van der Waals surface area contributed by atoms with Crippen LogP contribution in [0.2, 0.25) is 0 Å². The average molecular weight is 353 g/mol. The van der Waals surface area contributed by atoms with Crippen LogP contribution in [0, 0.1) is 0 Å². The molecule has 2 aromatic rings. The second-order valence-electron chi connectivity index (χ2n) is 7.91. The normalized spacial score (nSPS) is 22.8. The van der Waals surface area contributed by atoms with E-state index in [-0.39, 0.29) is 0 Å². The molecule has 0 unspecified atom stereocenters. The predicted octanol–water partition coefficient (Wildman–Crippen LogP) is 2.69. The number of aryl methyl sites for hydroxylation is 1. The third-order valence-electron chi connectivity index (χ3n) is 5.82. The minimum atomic E-state index is 0.375. The van der Waals surface area contributed by atoms with E-state index in [2.05, 4.69) is 44.5 Å². The van der Waals surface area contributed by atoms with Crippen molar-refractivity contribution < 1.29 is 0 Å². The van der Waals surface area contributed by atoms with Gasteiger partial charge in [-0.2, -0.15) is 4.98 Å². The number of anilines is 2. The lowest BCUT2D eigenvalue weighted by Crippen LogP contribution is -2.38. The molecule has 2 aliphatic heterocycles. The summed E-state index contributed by atoms with van der Waals surface area (Å²) in [5.41, 5.74) is 1.12. The summed E-state index contributed by atoms with van der Waals surface area (Å²) < 4.78 is 2.37. The largest absolute Gasteiger partial charge is 0.347 e. The van der Waals surface area contributed by atoms with Gasteiger partial charge in [-0.15, -0.1) is 10.2 Å². The van der Waals surface area contributed by atoms with E-state index in [9.17, 15) is 0 Å². The van der Waals surface area contributed by atoms with Crippen molar-refractivity contribution in [2.45, 2.75) is 64.5 Å². The van der Waals surface area contributed by atoms with Crippen molar-refractivity contribution >= 4 is 11.8 Å². The smallest absolute Gasteiger partial charge is 0.227 e. The fourth-order valence-corrected chi connectivity index (χ4v) is 4.23. The first-order valence-electron chi connectivity index (χ1n) is 10.0. The molecule has 0 radical (unpaired) electrons. The van der Waals surface area contributed by atoms with E-state index in [4.69, 9.17) is 9.97 Å². The van der Waals surface area contributed by atoms with Crippen LogP contribution in [0.5, 0.6) is 0 Å². The molecule has 0 N–H and O–H groups in total. The Morgan fingerprint density at radius 3 is 2.62 bits per heavy atom. The van der Waals surface area contributed by atoms with E-state index in [0.717, 1.165) is 55.9 Å². The van der Waals surface area contributed by atoms with Crippen LogP contribution in [0.1, 0.15) is 68.8 Å². The number of aromatic nitrogens is 5. The molecule has 26 heavy (non-hydrogen) atoms. The first-order valence-corrected chi connectivity index (χ1v) is 10.0. The zero-order valence-electron chi connectivity index (χ0n) is 15.7. The summed E-state index contributed by atoms with van der Waals surface area (Å²) in [7, 11) is 0. The first-order chi connectivity index (χ1) is 12.7. The van der Waals surface area contributed by atoms with E-state index in [0.29, 0.717) is 12.0 Å². The third kappa shape index (κ3) is 2.73. The zero-order valence-corrected chi connectivity index (χ0v) is 15.7. The van der Waals surface area contributed by atoms with Gasteiger partial charge in [-0.1, -0.05) is 6.92 Å². The standard InChI is InChI=1S/C19H27N7/c1-3-15-10-16(21-19(20-15)24-8-4-5-9-24)25-11-13(2)26-17(12-25)22-23-18(26)14-6-7-14/h10,13-14H,3-9,11-12H2,1-2H3/t13-/m0/s1. The van der Waals surface area contributed by atoms with Gasteiger partial charge >= 0.3 is 0 Å². The quantitative estimate of drug-likeness (QED) is 0.842. The van der Waals surface area contributed by atoms with Gasteiger partial charge in [0, 0.05) is 37.3 Å². The van der Waals surface area contributed by atoms with Crippen molar-refractivity contribution in [3.63, 3.8) is 0 Å². The van der Waals surface area contributed by atoms with Gasteiger partial charge in [-0.25, -0.2) is 4.98 Å². The van der Waals surface area contributed by atoms with Gasteiger partial charge in [0.05, 0.1) is 12.6 Å². The molecule has 1 saturated heterocycles. The van der Waals surface area contributed by atoms with Crippen molar-refractivity contribution in [3.8, 4) is 0 Å². The van der Waals surface area contributed by atoms with Crippen LogP contribution in [-0.2, 0) is 13.0 Å². The summed E-state index contributed by atoms with van der Waals surface area (Å²) in [6, 6.07) is 2.53. The van der Waals surface area contributed by atoms with E-state index < -0.39 is 0 Å². The van der Waals surface area contributed by atoms with Crippen molar-refractivity contribution in [1.82, 2.24) is 24.7 Å². The highest BCUT2D eigenvalue weighted by Crippen LogP contribution is 2.41. The fourth-order valence-electron chi connectivity index (χ4n) is 4.23. The van der Waals surface area contributed by atoms with Crippen molar-refractivity contribution in [3.05, 3.63) is 23.4 Å². The number of hydrogen-bond acceptors (Lipinski definition) is 6. The summed E-state index contributed by atoms with van der Waals surface area (Å²) in [6.45, 7) is 8.31. The molecule has 2 fully saturated rings. The molecule has 7 nitrogen and oxygen atoms in total. The Morgan fingerprint density at radius 1 is 1.08 bits per heavy atom. The maximum absolute atomic E-state index is 4.93. The SMILES string of the molecule is CCc1cc(N2Cc3nnc(C4CC4)n3[C@@H](C)C2)nc(N2CCCC2)n1. The Hall–Kier alpha value is -2.18. The van der Waals surface area contributed by atoms with Gasteiger partial charge in [0.1, 0.15) is 11.6 Å². The molecule has 0 aromatic carbocycles. The number of nitrogens with zero attached hydrogens (tertiary/aromatic N) is 7. The van der Waals surface area contributed by atoms with Crippen LogP contribution in [0.4, 0.5) is 11.8 Å². The summed E-state index contributed by atoms with van der Waals surface area (Å²) in [4.78, 5) is 14.4. The minimum Gasteiger partial charge on any atom is -0.347 e. The van der Waals surface area contributed by atoms with Crippen LogP contribution >= 0.6 is 0 Å². The lowest BCUT2D eigenvalue weighted by Gasteiger charge is -2.34. The first kappa shape index (κ1) is 16.0. The van der Waals surface area contributed by atoms with E-state index in [1.165, 1.54) is 31.5 Å². The monoisotopic (exact) mass is 353 g/mol. The molecule has 0 bridgehead atoms. The Labute approximate surface area is 154 Å². The maximum atomic E-state index is 4.93.